The lowest BCUT2D eigenvalue weighted by molar-refractivity contribution is 0.0369. The normalized spacial score (nSPS) is 23.0. The van der Waals surface area contributed by atoms with Gasteiger partial charge in [-0.1, -0.05) is 0 Å². The summed E-state index contributed by atoms with van der Waals surface area (Å²) in [7, 11) is 0. The summed E-state index contributed by atoms with van der Waals surface area (Å²) in [5.41, 5.74) is 6.65. The zero-order chi connectivity index (χ0) is 15.9. The molecule has 0 radical (unpaired) electrons. The van der Waals surface area contributed by atoms with Crippen LogP contribution in [-0.4, -0.2) is 35.8 Å². The van der Waals surface area contributed by atoms with Crippen molar-refractivity contribution in [2.24, 2.45) is 5.92 Å². The number of nitrogens with one attached hydrogen (secondary N) is 1. The first-order valence-electron chi connectivity index (χ1n) is 9.39. The third kappa shape index (κ3) is 2.63. The van der Waals surface area contributed by atoms with Gasteiger partial charge in [-0.2, -0.15) is 0 Å². The molecule has 1 unspecified atom stereocenters. The Labute approximate surface area is 143 Å². The van der Waals surface area contributed by atoms with Crippen LogP contribution >= 0.6 is 0 Å². The SMILES string of the molecule is c1cc(N2CCCC(OCC3CC3)C2)c2c(n1)CCc1[nH]ccc1-2. The number of pyridine rings is 1. The van der Waals surface area contributed by atoms with Crippen LogP contribution < -0.4 is 4.90 Å². The Kier molecular flexibility index (Phi) is 3.58. The quantitative estimate of drug-likeness (QED) is 0.935. The first-order valence-corrected chi connectivity index (χ1v) is 9.39. The van der Waals surface area contributed by atoms with Crippen LogP contribution in [0.2, 0.25) is 0 Å². The Balaban J connectivity index is 1.42. The summed E-state index contributed by atoms with van der Waals surface area (Å²) in [5.74, 6) is 0.844. The van der Waals surface area contributed by atoms with Gasteiger partial charge in [0.1, 0.15) is 0 Å². The fraction of sp³-hybridized carbons (Fsp3) is 0.550. The molecule has 2 aliphatic carbocycles. The second-order valence-corrected chi connectivity index (χ2v) is 7.51. The van der Waals surface area contributed by atoms with Gasteiger partial charge in [-0.25, -0.2) is 0 Å². The molecule has 2 aromatic heterocycles. The van der Waals surface area contributed by atoms with Gasteiger partial charge in [0.05, 0.1) is 11.8 Å². The van der Waals surface area contributed by atoms with E-state index in [1.54, 1.807) is 0 Å². The Bertz CT molecular complexity index is 734. The van der Waals surface area contributed by atoms with Crippen molar-refractivity contribution in [2.75, 3.05) is 24.6 Å². The Morgan fingerprint density at radius 1 is 1.21 bits per heavy atom. The minimum absolute atomic E-state index is 0.387. The Hall–Kier alpha value is -1.81. The smallest absolute Gasteiger partial charge is 0.0750 e. The molecule has 3 aliphatic rings. The van der Waals surface area contributed by atoms with Crippen LogP contribution in [0.4, 0.5) is 5.69 Å². The van der Waals surface area contributed by atoms with E-state index >= 15 is 0 Å². The van der Waals surface area contributed by atoms with Crippen LogP contribution in [0, 0.1) is 5.92 Å². The molecule has 3 heterocycles. The zero-order valence-corrected chi connectivity index (χ0v) is 14.1. The Morgan fingerprint density at radius 2 is 2.17 bits per heavy atom. The number of aromatic amines is 1. The third-order valence-electron chi connectivity index (χ3n) is 5.70. The van der Waals surface area contributed by atoms with Crippen LogP contribution in [-0.2, 0) is 17.6 Å². The van der Waals surface area contributed by atoms with Crippen molar-refractivity contribution in [1.82, 2.24) is 9.97 Å². The average molecular weight is 323 g/mol. The summed E-state index contributed by atoms with van der Waals surface area (Å²) >= 11 is 0. The van der Waals surface area contributed by atoms with Gasteiger partial charge in [-0.3, -0.25) is 4.98 Å². The lowest BCUT2D eigenvalue weighted by atomic mass is 9.91. The van der Waals surface area contributed by atoms with E-state index < -0.39 is 0 Å². The summed E-state index contributed by atoms with van der Waals surface area (Å²) < 4.78 is 6.19. The second-order valence-electron chi connectivity index (χ2n) is 7.51. The maximum absolute atomic E-state index is 6.19. The molecule has 2 aromatic rings. The molecule has 0 aromatic carbocycles. The van der Waals surface area contributed by atoms with Crippen molar-refractivity contribution in [1.29, 1.82) is 0 Å². The maximum Gasteiger partial charge on any atom is 0.0750 e. The molecule has 1 saturated heterocycles. The number of aryl methyl sites for hydroxylation is 2. The number of aromatic nitrogens is 2. The van der Waals surface area contributed by atoms with Crippen molar-refractivity contribution in [2.45, 2.75) is 44.6 Å². The summed E-state index contributed by atoms with van der Waals surface area (Å²) in [6, 6.07) is 4.41. The van der Waals surface area contributed by atoms with Gasteiger partial charge in [-0.05, 0) is 56.6 Å². The highest BCUT2D eigenvalue weighted by Crippen LogP contribution is 2.40. The fourth-order valence-electron chi connectivity index (χ4n) is 4.18. The van der Waals surface area contributed by atoms with Gasteiger partial charge in [0, 0.05) is 54.6 Å². The van der Waals surface area contributed by atoms with Crippen LogP contribution in [0.15, 0.2) is 24.5 Å². The standard InChI is InChI=1S/C20H25N3O/c1-2-15(24-13-14-3-4-14)12-23(11-1)19-8-10-22-18-6-5-17-16(20(18)19)7-9-21-17/h7-10,14-15,21H,1-6,11-13H2. The molecule has 24 heavy (non-hydrogen) atoms. The minimum Gasteiger partial charge on any atom is -0.376 e. The number of piperidine rings is 1. The molecule has 2 fully saturated rings. The zero-order valence-electron chi connectivity index (χ0n) is 14.1. The highest BCUT2D eigenvalue weighted by atomic mass is 16.5. The monoisotopic (exact) mass is 323 g/mol. The van der Waals surface area contributed by atoms with Crippen molar-refractivity contribution < 1.29 is 4.74 Å². The van der Waals surface area contributed by atoms with Gasteiger partial charge < -0.3 is 14.6 Å². The molecule has 126 valence electrons. The van der Waals surface area contributed by atoms with Crippen LogP contribution in [0.25, 0.3) is 11.1 Å². The highest BCUT2D eigenvalue weighted by Gasteiger charge is 2.29. The number of fused-ring (bicyclic) bond motifs is 3. The molecule has 1 N–H and O–H groups in total. The largest absolute Gasteiger partial charge is 0.376 e. The fourth-order valence-corrected chi connectivity index (χ4v) is 4.18. The summed E-state index contributed by atoms with van der Waals surface area (Å²) in [5, 5.41) is 0. The van der Waals surface area contributed by atoms with Crippen molar-refractivity contribution in [3.63, 3.8) is 0 Å². The predicted molar refractivity (Wildman–Crippen MR) is 95.3 cm³/mol. The van der Waals surface area contributed by atoms with Crippen LogP contribution in [0.1, 0.15) is 37.1 Å². The van der Waals surface area contributed by atoms with E-state index in [1.807, 2.05) is 6.20 Å². The van der Waals surface area contributed by atoms with E-state index in [1.165, 1.54) is 53.9 Å². The van der Waals surface area contributed by atoms with Crippen molar-refractivity contribution in [3.8, 4) is 11.1 Å². The second kappa shape index (κ2) is 5.92. The molecular formula is C20H25N3O. The topological polar surface area (TPSA) is 41.1 Å². The van der Waals surface area contributed by atoms with Gasteiger partial charge in [0.15, 0.2) is 0 Å². The van der Waals surface area contributed by atoms with Gasteiger partial charge in [0.25, 0.3) is 0 Å². The number of H-pyrrole nitrogens is 1. The number of hydrogen-bond acceptors (Lipinski definition) is 3. The molecule has 1 aliphatic heterocycles. The molecule has 4 heteroatoms. The molecular weight excluding hydrogens is 298 g/mol. The van der Waals surface area contributed by atoms with Gasteiger partial charge in [0.2, 0.25) is 0 Å². The molecule has 4 nitrogen and oxygen atoms in total. The first kappa shape index (κ1) is 14.5. The highest BCUT2D eigenvalue weighted by molar-refractivity contribution is 5.83. The lowest BCUT2D eigenvalue weighted by Gasteiger charge is -2.36. The molecule has 1 atom stereocenters. The molecule has 0 spiro atoms. The minimum atomic E-state index is 0.387. The van der Waals surface area contributed by atoms with Crippen LogP contribution in [0.3, 0.4) is 0 Å². The van der Waals surface area contributed by atoms with Crippen molar-refractivity contribution >= 4 is 5.69 Å². The van der Waals surface area contributed by atoms with E-state index in [0.29, 0.717) is 6.10 Å². The number of hydrogen-bond donors (Lipinski definition) is 1. The van der Waals surface area contributed by atoms with E-state index in [4.69, 9.17) is 4.74 Å². The summed E-state index contributed by atoms with van der Waals surface area (Å²) in [6.45, 7) is 3.11. The maximum atomic E-state index is 6.19. The molecule has 1 saturated carbocycles. The van der Waals surface area contributed by atoms with Gasteiger partial charge in [-0.15, -0.1) is 0 Å². The van der Waals surface area contributed by atoms with E-state index in [0.717, 1.165) is 38.5 Å². The number of nitrogens with zero attached hydrogens (tertiary/aromatic N) is 2. The third-order valence-corrected chi connectivity index (χ3v) is 5.70. The summed E-state index contributed by atoms with van der Waals surface area (Å²) in [6.07, 6.45) is 11.7. The van der Waals surface area contributed by atoms with Crippen molar-refractivity contribution in [3.05, 3.63) is 35.9 Å². The summed E-state index contributed by atoms with van der Waals surface area (Å²) in [4.78, 5) is 10.6. The Morgan fingerprint density at radius 3 is 3.08 bits per heavy atom. The van der Waals surface area contributed by atoms with Gasteiger partial charge >= 0.3 is 0 Å². The molecule has 0 amide bonds. The number of ether oxygens (including phenoxy) is 1. The van der Waals surface area contributed by atoms with E-state index in [9.17, 15) is 0 Å². The van der Waals surface area contributed by atoms with Crippen LogP contribution in [0.5, 0.6) is 0 Å². The molecule has 0 bridgehead atoms. The number of rotatable bonds is 4. The average Bonchev–Trinajstić information content (AvgIpc) is 3.34. The van der Waals surface area contributed by atoms with E-state index in [-0.39, 0.29) is 0 Å². The van der Waals surface area contributed by atoms with E-state index in [2.05, 4.69) is 33.2 Å². The number of anilines is 1. The first-order chi connectivity index (χ1) is 11.9. The molecule has 5 rings (SSSR count). The lowest BCUT2D eigenvalue weighted by Crippen LogP contribution is -2.40. The predicted octanol–water partition coefficient (Wildman–Crippen LogP) is 3.57.